The van der Waals surface area contributed by atoms with Crippen molar-refractivity contribution in [1.29, 1.82) is 0 Å². The van der Waals surface area contributed by atoms with Crippen molar-refractivity contribution < 1.29 is 18.3 Å². The average molecular weight is 417 g/mol. The molecule has 4 aliphatic rings. The highest BCUT2D eigenvalue weighted by atomic mass is 32.2. The summed E-state index contributed by atoms with van der Waals surface area (Å²) < 4.78 is 24.4. The van der Waals surface area contributed by atoms with E-state index >= 15 is 0 Å². The SMILES string of the molecule is C[C@@H](Oc1ccc(F)cc1)c1nnc(SCC(=O)C23CC4CC(CC(C4)C2)C3)o1. The zero-order chi connectivity index (χ0) is 20.0. The van der Waals surface area contributed by atoms with E-state index in [4.69, 9.17) is 9.15 Å². The van der Waals surface area contributed by atoms with Crippen LogP contribution in [0.5, 0.6) is 5.75 Å². The molecule has 0 N–H and O–H groups in total. The fourth-order valence-corrected chi connectivity index (χ4v) is 6.75. The second-order valence-corrected chi connectivity index (χ2v) is 9.96. The van der Waals surface area contributed by atoms with E-state index in [0.29, 0.717) is 28.4 Å². The molecule has 1 atom stereocenters. The third kappa shape index (κ3) is 3.81. The Morgan fingerprint density at radius 1 is 1.17 bits per heavy atom. The monoisotopic (exact) mass is 416 g/mol. The highest BCUT2D eigenvalue weighted by molar-refractivity contribution is 7.99. The van der Waals surface area contributed by atoms with Crippen molar-refractivity contribution in [1.82, 2.24) is 10.2 Å². The summed E-state index contributed by atoms with van der Waals surface area (Å²) in [5.74, 6) is 3.59. The second kappa shape index (κ2) is 7.42. The number of carbonyl (C=O) groups is 1. The van der Waals surface area contributed by atoms with Gasteiger partial charge in [-0.1, -0.05) is 11.8 Å². The fraction of sp³-hybridized carbons (Fsp3) is 0.591. The van der Waals surface area contributed by atoms with Crippen LogP contribution in [0.2, 0.25) is 0 Å². The number of aromatic nitrogens is 2. The quantitative estimate of drug-likeness (QED) is 0.576. The molecule has 0 spiro atoms. The Morgan fingerprint density at radius 3 is 2.41 bits per heavy atom. The number of nitrogens with zero attached hydrogens (tertiary/aromatic N) is 2. The van der Waals surface area contributed by atoms with Crippen LogP contribution in [0.15, 0.2) is 33.9 Å². The minimum absolute atomic E-state index is 0.0937. The maximum Gasteiger partial charge on any atom is 0.277 e. The van der Waals surface area contributed by atoms with E-state index in [-0.39, 0.29) is 11.2 Å². The average Bonchev–Trinajstić information content (AvgIpc) is 3.16. The maximum atomic E-state index is 13.1. The zero-order valence-electron chi connectivity index (χ0n) is 16.5. The molecule has 1 aromatic carbocycles. The number of hydrogen-bond donors (Lipinski definition) is 0. The van der Waals surface area contributed by atoms with Gasteiger partial charge in [-0.2, -0.15) is 0 Å². The smallest absolute Gasteiger partial charge is 0.277 e. The van der Waals surface area contributed by atoms with E-state index in [0.717, 1.165) is 37.0 Å². The summed E-state index contributed by atoms with van der Waals surface area (Å²) in [6, 6.07) is 5.80. The van der Waals surface area contributed by atoms with Crippen LogP contribution in [-0.4, -0.2) is 21.7 Å². The third-order valence-corrected chi connectivity index (χ3v) is 7.67. The number of hydrogen-bond acceptors (Lipinski definition) is 6. The molecule has 0 radical (unpaired) electrons. The second-order valence-electron chi connectivity index (χ2n) is 9.03. The number of thioether (sulfide) groups is 1. The first-order chi connectivity index (χ1) is 14.0. The van der Waals surface area contributed by atoms with Crippen molar-refractivity contribution in [3.05, 3.63) is 36.0 Å². The molecule has 1 heterocycles. The van der Waals surface area contributed by atoms with E-state index in [9.17, 15) is 9.18 Å². The van der Waals surface area contributed by atoms with Crippen LogP contribution < -0.4 is 4.74 Å². The largest absolute Gasteiger partial charge is 0.481 e. The Labute approximate surface area is 173 Å². The van der Waals surface area contributed by atoms with Crippen LogP contribution in [0.3, 0.4) is 0 Å². The van der Waals surface area contributed by atoms with Gasteiger partial charge in [0.1, 0.15) is 17.3 Å². The molecule has 29 heavy (non-hydrogen) atoms. The van der Waals surface area contributed by atoms with Crippen molar-refractivity contribution in [3.8, 4) is 5.75 Å². The minimum Gasteiger partial charge on any atom is -0.481 e. The number of rotatable bonds is 7. The van der Waals surface area contributed by atoms with Crippen LogP contribution in [0.1, 0.15) is 57.4 Å². The van der Waals surface area contributed by atoms with E-state index < -0.39 is 6.10 Å². The van der Waals surface area contributed by atoms with E-state index in [1.54, 1.807) is 19.1 Å². The lowest BCUT2D eigenvalue weighted by atomic mass is 9.48. The number of benzene rings is 1. The Bertz CT molecular complexity index is 862. The standard InChI is InChI=1S/C22H25FN2O3S/c1-13(27-18-4-2-17(23)3-5-18)20-24-25-21(28-20)29-12-19(26)22-9-14-6-15(10-22)8-16(7-14)11-22/h2-5,13-16H,6-12H2,1H3/t13-,14?,15?,16?,22?/m1/s1. The van der Waals surface area contributed by atoms with Gasteiger partial charge in [-0.05, 0) is 87.5 Å². The molecule has 4 bridgehead atoms. The predicted molar refractivity (Wildman–Crippen MR) is 106 cm³/mol. The van der Waals surface area contributed by atoms with E-state index in [1.165, 1.54) is 43.2 Å². The van der Waals surface area contributed by atoms with Gasteiger partial charge in [0.25, 0.3) is 11.1 Å². The van der Waals surface area contributed by atoms with Gasteiger partial charge < -0.3 is 9.15 Å². The number of ketones is 1. The van der Waals surface area contributed by atoms with Crippen LogP contribution in [0, 0.1) is 29.0 Å². The highest BCUT2D eigenvalue weighted by Gasteiger charge is 2.54. The molecule has 1 aromatic heterocycles. The summed E-state index contributed by atoms with van der Waals surface area (Å²) >= 11 is 1.33. The van der Waals surface area contributed by atoms with Crippen LogP contribution in [-0.2, 0) is 4.79 Å². The van der Waals surface area contributed by atoms with Gasteiger partial charge >= 0.3 is 0 Å². The van der Waals surface area contributed by atoms with Crippen molar-refractivity contribution >= 4 is 17.5 Å². The summed E-state index contributed by atoms with van der Waals surface area (Å²) in [7, 11) is 0. The van der Waals surface area contributed by atoms with E-state index in [2.05, 4.69) is 10.2 Å². The Kier molecular flexibility index (Phi) is 4.88. The maximum absolute atomic E-state index is 13.1. The summed E-state index contributed by atoms with van der Waals surface area (Å²) in [4.78, 5) is 13.1. The van der Waals surface area contributed by atoms with Crippen molar-refractivity contribution in [2.45, 2.75) is 56.8 Å². The first-order valence-electron chi connectivity index (χ1n) is 10.4. The predicted octanol–water partition coefficient (Wildman–Crippen LogP) is 5.23. The summed E-state index contributed by atoms with van der Waals surface area (Å²) in [6.07, 6.45) is 6.78. The Hall–Kier alpha value is -1.89. The van der Waals surface area contributed by atoms with Crippen LogP contribution in [0.25, 0.3) is 0 Å². The first kappa shape index (κ1) is 19.1. The highest BCUT2D eigenvalue weighted by Crippen LogP contribution is 2.60. The molecule has 2 aromatic rings. The van der Waals surface area contributed by atoms with Crippen LogP contribution in [0.4, 0.5) is 4.39 Å². The molecule has 154 valence electrons. The molecule has 6 rings (SSSR count). The van der Waals surface area contributed by atoms with Gasteiger partial charge in [0, 0.05) is 5.41 Å². The number of ether oxygens (including phenoxy) is 1. The van der Waals surface area contributed by atoms with Crippen molar-refractivity contribution in [2.75, 3.05) is 5.75 Å². The molecule has 4 fully saturated rings. The van der Waals surface area contributed by atoms with Gasteiger partial charge in [0.2, 0.25) is 0 Å². The number of Topliss-reactive ketones (excluding diaryl/α,β-unsaturated/α-hetero) is 1. The van der Waals surface area contributed by atoms with Crippen molar-refractivity contribution in [2.24, 2.45) is 23.2 Å². The molecule has 4 saturated carbocycles. The van der Waals surface area contributed by atoms with Crippen LogP contribution >= 0.6 is 11.8 Å². The topological polar surface area (TPSA) is 65.2 Å². The molecular weight excluding hydrogens is 391 g/mol. The molecular formula is C22H25FN2O3S. The number of halogens is 1. The Morgan fingerprint density at radius 2 is 1.79 bits per heavy atom. The molecule has 5 nitrogen and oxygen atoms in total. The van der Waals surface area contributed by atoms with Gasteiger partial charge in [0.05, 0.1) is 5.75 Å². The van der Waals surface area contributed by atoms with Gasteiger partial charge in [-0.15, -0.1) is 10.2 Å². The zero-order valence-corrected chi connectivity index (χ0v) is 17.3. The van der Waals surface area contributed by atoms with Gasteiger partial charge in [0.15, 0.2) is 6.10 Å². The Balaban J connectivity index is 1.18. The van der Waals surface area contributed by atoms with E-state index in [1.807, 2.05) is 0 Å². The molecule has 0 aliphatic heterocycles. The normalized spacial score (nSPS) is 31.0. The minimum atomic E-state index is -0.457. The third-order valence-electron chi connectivity index (χ3n) is 6.85. The first-order valence-corrected chi connectivity index (χ1v) is 11.4. The molecule has 4 aliphatic carbocycles. The molecule has 0 amide bonds. The molecule has 7 heteroatoms. The summed E-state index contributed by atoms with van der Waals surface area (Å²) in [5.41, 5.74) is -0.0937. The lowest BCUT2D eigenvalue weighted by Gasteiger charge is -2.55. The van der Waals surface area contributed by atoms with Crippen molar-refractivity contribution in [3.63, 3.8) is 0 Å². The van der Waals surface area contributed by atoms with Gasteiger partial charge in [-0.3, -0.25) is 4.79 Å². The summed E-state index contributed by atoms with van der Waals surface area (Å²) in [5, 5.41) is 8.51. The molecule has 0 saturated heterocycles. The lowest BCUT2D eigenvalue weighted by molar-refractivity contribution is -0.141. The lowest BCUT2D eigenvalue weighted by Crippen LogP contribution is -2.50. The number of carbonyl (C=O) groups excluding carboxylic acids is 1. The molecule has 0 unspecified atom stereocenters. The fourth-order valence-electron chi connectivity index (χ4n) is 5.94. The summed E-state index contributed by atoms with van der Waals surface area (Å²) in [6.45, 7) is 1.80. The van der Waals surface area contributed by atoms with Gasteiger partial charge in [-0.25, -0.2) is 4.39 Å².